The summed E-state index contributed by atoms with van der Waals surface area (Å²) in [5.41, 5.74) is -1.20. The summed E-state index contributed by atoms with van der Waals surface area (Å²) in [5, 5.41) is 4.96. The summed E-state index contributed by atoms with van der Waals surface area (Å²) in [6.07, 6.45) is -4.55. The number of nitrogens with one attached hydrogen (secondary N) is 2. The molecule has 1 aromatic rings. The van der Waals surface area contributed by atoms with Crippen LogP contribution in [0.15, 0.2) is 24.3 Å². The molecule has 0 saturated heterocycles. The van der Waals surface area contributed by atoms with E-state index in [4.69, 9.17) is 0 Å². The van der Waals surface area contributed by atoms with Gasteiger partial charge in [0.2, 0.25) is 11.8 Å². The van der Waals surface area contributed by atoms with Gasteiger partial charge >= 0.3 is 6.18 Å². The molecule has 8 heteroatoms. The summed E-state index contributed by atoms with van der Waals surface area (Å²) in [6, 6.07) is 4.75. The van der Waals surface area contributed by atoms with Gasteiger partial charge in [0.15, 0.2) is 0 Å². The maximum absolute atomic E-state index is 12.9. The number of carbonyl (C=O) groups excluding carboxylic acids is 2. The number of likely N-dealkylation sites (N-methyl/N-ethyl adjacent to an activating group) is 1. The lowest BCUT2D eigenvalue weighted by molar-refractivity contribution is -0.137. The highest BCUT2D eigenvalue weighted by molar-refractivity contribution is 5.93. The summed E-state index contributed by atoms with van der Waals surface area (Å²) in [4.78, 5) is 25.3. The molecule has 0 spiro atoms. The Bertz CT molecular complexity index is 574. The number of anilines is 1. The molecule has 0 heterocycles. The first-order chi connectivity index (χ1) is 11.1. The number of nitrogens with zero attached hydrogens (tertiary/aromatic N) is 1. The second-order valence-corrected chi connectivity index (χ2v) is 5.62. The van der Waals surface area contributed by atoms with Crippen molar-refractivity contribution >= 4 is 17.5 Å². The predicted octanol–water partition coefficient (Wildman–Crippen LogP) is 2.49. The van der Waals surface area contributed by atoms with Gasteiger partial charge in [0.25, 0.3) is 0 Å². The van der Waals surface area contributed by atoms with Crippen molar-refractivity contribution in [2.45, 2.75) is 33.0 Å². The maximum atomic E-state index is 12.9. The first kappa shape index (κ1) is 20.0. The zero-order valence-electron chi connectivity index (χ0n) is 13.9. The molecule has 1 rings (SSSR count). The maximum Gasteiger partial charge on any atom is 0.418 e. The Hall–Kier alpha value is -2.09. The Morgan fingerprint density at radius 1 is 1.12 bits per heavy atom. The molecule has 24 heavy (non-hydrogen) atoms. The Labute approximate surface area is 139 Å². The van der Waals surface area contributed by atoms with Crippen molar-refractivity contribution < 1.29 is 22.8 Å². The van der Waals surface area contributed by atoms with Crippen molar-refractivity contribution in [1.82, 2.24) is 10.2 Å². The van der Waals surface area contributed by atoms with Gasteiger partial charge in [0, 0.05) is 6.04 Å². The topological polar surface area (TPSA) is 61.4 Å². The molecule has 0 radical (unpaired) electrons. The minimum atomic E-state index is -4.55. The molecule has 0 bridgehead atoms. The lowest BCUT2D eigenvalue weighted by atomic mass is 10.1. The second kappa shape index (κ2) is 8.68. The number of rotatable bonds is 7. The average molecular weight is 345 g/mol. The fourth-order valence-corrected chi connectivity index (χ4v) is 2.08. The van der Waals surface area contributed by atoms with Crippen molar-refractivity contribution in [3.05, 3.63) is 29.8 Å². The summed E-state index contributed by atoms with van der Waals surface area (Å²) < 4.78 is 38.7. The van der Waals surface area contributed by atoms with Crippen LogP contribution in [0.2, 0.25) is 0 Å². The highest BCUT2D eigenvalue weighted by atomic mass is 19.4. The van der Waals surface area contributed by atoms with Crippen LogP contribution in [0.3, 0.4) is 0 Å². The number of amides is 2. The van der Waals surface area contributed by atoms with Crippen molar-refractivity contribution in [1.29, 1.82) is 0 Å². The molecule has 2 amide bonds. The zero-order chi connectivity index (χ0) is 18.3. The minimum Gasteiger partial charge on any atom is -0.353 e. The van der Waals surface area contributed by atoms with Crippen molar-refractivity contribution in [3.63, 3.8) is 0 Å². The number of alkyl halides is 3. The normalized spacial score (nSPS) is 11.7. The van der Waals surface area contributed by atoms with Crippen LogP contribution in [-0.4, -0.2) is 42.4 Å². The smallest absolute Gasteiger partial charge is 0.353 e. The molecule has 0 aromatic heterocycles. The number of carbonyl (C=O) groups is 2. The van der Waals surface area contributed by atoms with E-state index < -0.39 is 17.6 Å². The Balaban J connectivity index is 2.70. The highest BCUT2D eigenvalue weighted by Gasteiger charge is 2.33. The molecule has 2 N–H and O–H groups in total. The Kier molecular flexibility index (Phi) is 7.21. The van der Waals surface area contributed by atoms with Crippen LogP contribution < -0.4 is 10.6 Å². The van der Waals surface area contributed by atoms with E-state index in [1.165, 1.54) is 18.2 Å². The lowest BCUT2D eigenvalue weighted by Crippen LogP contribution is -2.42. The summed E-state index contributed by atoms with van der Waals surface area (Å²) in [5.74, 6) is -0.846. The molecule has 0 unspecified atom stereocenters. The number of para-hydroxylation sites is 1. The van der Waals surface area contributed by atoms with Crippen LogP contribution >= 0.6 is 0 Å². The monoisotopic (exact) mass is 345 g/mol. The molecular formula is C16H22F3N3O2. The van der Waals surface area contributed by atoms with Crippen LogP contribution in [0.4, 0.5) is 18.9 Å². The van der Waals surface area contributed by atoms with Crippen LogP contribution in [0.25, 0.3) is 0 Å². The molecular weight excluding hydrogens is 323 g/mol. The molecule has 5 nitrogen and oxygen atoms in total. The molecule has 134 valence electrons. The van der Waals surface area contributed by atoms with E-state index >= 15 is 0 Å². The Morgan fingerprint density at radius 2 is 1.71 bits per heavy atom. The third-order valence-electron chi connectivity index (χ3n) is 3.14. The van der Waals surface area contributed by atoms with Gasteiger partial charge in [-0.3, -0.25) is 14.5 Å². The van der Waals surface area contributed by atoms with Crippen molar-refractivity contribution in [3.8, 4) is 0 Å². The van der Waals surface area contributed by atoms with E-state index in [1.807, 2.05) is 13.8 Å². The van der Waals surface area contributed by atoms with E-state index in [9.17, 15) is 22.8 Å². The van der Waals surface area contributed by atoms with E-state index in [0.717, 1.165) is 6.07 Å². The number of halogens is 3. The van der Waals surface area contributed by atoms with Gasteiger partial charge in [-0.25, -0.2) is 0 Å². The van der Waals surface area contributed by atoms with Crippen molar-refractivity contribution in [2.24, 2.45) is 0 Å². The van der Waals surface area contributed by atoms with Gasteiger partial charge in [0.1, 0.15) is 0 Å². The highest BCUT2D eigenvalue weighted by Crippen LogP contribution is 2.34. The molecule has 1 aromatic carbocycles. The number of hydrogen-bond acceptors (Lipinski definition) is 3. The fraction of sp³-hybridized carbons (Fsp3) is 0.500. The summed E-state index contributed by atoms with van der Waals surface area (Å²) >= 11 is 0. The largest absolute Gasteiger partial charge is 0.418 e. The van der Waals surface area contributed by atoms with Crippen molar-refractivity contribution in [2.75, 3.05) is 25.0 Å². The lowest BCUT2D eigenvalue weighted by Gasteiger charge is -2.21. The van der Waals surface area contributed by atoms with Gasteiger partial charge in [-0.2, -0.15) is 13.2 Å². The van der Waals surface area contributed by atoms with Crippen LogP contribution in [-0.2, 0) is 15.8 Å². The van der Waals surface area contributed by atoms with Crippen LogP contribution in [0, 0.1) is 0 Å². The number of hydrogen-bond donors (Lipinski definition) is 2. The summed E-state index contributed by atoms with van der Waals surface area (Å²) in [6.45, 7) is 5.64. The zero-order valence-corrected chi connectivity index (χ0v) is 13.9. The van der Waals surface area contributed by atoms with Gasteiger partial charge in [-0.05, 0) is 32.5 Å². The summed E-state index contributed by atoms with van der Waals surface area (Å²) in [7, 11) is 0. The molecule has 0 aliphatic carbocycles. The molecule has 0 aliphatic rings. The first-order valence-electron chi connectivity index (χ1n) is 7.61. The van der Waals surface area contributed by atoms with Gasteiger partial charge in [0.05, 0.1) is 24.3 Å². The second-order valence-electron chi connectivity index (χ2n) is 5.62. The van der Waals surface area contributed by atoms with E-state index in [2.05, 4.69) is 10.6 Å². The van der Waals surface area contributed by atoms with Crippen LogP contribution in [0.1, 0.15) is 26.3 Å². The fourth-order valence-electron chi connectivity index (χ4n) is 2.08. The quantitative estimate of drug-likeness (QED) is 0.798. The van der Waals surface area contributed by atoms with E-state index in [-0.39, 0.29) is 30.7 Å². The van der Waals surface area contributed by atoms with E-state index in [0.29, 0.717) is 6.54 Å². The molecule has 0 atom stereocenters. The molecule has 0 fully saturated rings. The van der Waals surface area contributed by atoms with Gasteiger partial charge in [-0.15, -0.1) is 0 Å². The molecule has 0 saturated carbocycles. The van der Waals surface area contributed by atoms with Crippen LogP contribution in [0.5, 0.6) is 0 Å². The number of benzene rings is 1. The first-order valence-corrected chi connectivity index (χ1v) is 7.61. The SMILES string of the molecule is CCN(CC(=O)Nc1ccccc1C(F)(F)F)CC(=O)NC(C)C. The molecule has 0 aliphatic heterocycles. The minimum absolute atomic E-state index is 0.00299. The third-order valence-corrected chi connectivity index (χ3v) is 3.14. The Morgan fingerprint density at radius 3 is 2.25 bits per heavy atom. The average Bonchev–Trinajstić information content (AvgIpc) is 2.44. The van der Waals surface area contributed by atoms with E-state index in [1.54, 1.807) is 11.8 Å². The van der Waals surface area contributed by atoms with Gasteiger partial charge < -0.3 is 10.6 Å². The predicted molar refractivity (Wildman–Crippen MR) is 85.5 cm³/mol. The third kappa shape index (κ3) is 6.57. The standard InChI is InChI=1S/C16H22F3N3O2/c1-4-22(9-14(23)20-11(2)3)10-15(24)21-13-8-6-5-7-12(13)16(17,18)19/h5-8,11H,4,9-10H2,1-3H3,(H,20,23)(H,21,24). The van der Waals surface area contributed by atoms with Gasteiger partial charge in [-0.1, -0.05) is 19.1 Å².